The molecule has 2 aliphatic heterocycles. The fourth-order valence-corrected chi connectivity index (χ4v) is 0.793. The van der Waals surface area contributed by atoms with Gasteiger partial charge in [-0.15, -0.1) is 0 Å². The first-order valence-electron chi connectivity index (χ1n) is 4.23. The molecule has 0 aromatic carbocycles. The van der Waals surface area contributed by atoms with Gasteiger partial charge >= 0.3 is 0 Å². The maximum Gasteiger partial charge on any atom is 0.0781 e. The number of nitrogens with one attached hydrogen (secondary N) is 1. The van der Waals surface area contributed by atoms with E-state index in [0.717, 1.165) is 26.3 Å². The van der Waals surface area contributed by atoms with Crippen LogP contribution in [0.25, 0.3) is 0 Å². The lowest BCUT2D eigenvalue weighted by Gasteiger charge is -2.18. The second kappa shape index (κ2) is 4.70. The van der Waals surface area contributed by atoms with E-state index in [1.165, 1.54) is 0 Å². The minimum atomic E-state index is 0.425. The van der Waals surface area contributed by atoms with Gasteiger partial charge in [0.1, 0.15) is 0 Å². The summed E-state index contributed by atoms with van der Waals surface area (Å²) in [6.45, 7) is 8.03. The van der Waals surface area contributed by atoms with Gasteiger partial charge in [0.25, 0.3) is 0 Å². The van der Waals surface area contributed by atoms with Gasteiger partial charge in [0.05, 0.1) is 25.4 Å². The van der Waals surface area contributed by atoms with Gasteiger partial charge in [-0.3, -0.25) is 0 Å². The van der Waals surface area contributed by atoms with Gasteiger partial charge in [-0.1, -0.05) is 0 Å². The van der Waals surface area contributed by atoms with E-state index in [0.29, 0.717) is 12.2 Å². The summed E-state index contributed by atoms with van der Waals surface area (Å²) in [6.07, 6.45) is 1.01. The highest BCUT2D eigenvalue weighted by Crippen LogP contribution is 2.04. The SMILES string of the molecule is CC1CNCCO1.CC1CO1. The van der Waals surface area contributed by atoms with Crippen LogP contribution < -0.4 is 5.32 Å². The molecular weight excluding hydrogens is 142 g/mol. The molecule has 0 aromatic rings. The Morgan fingerprint density at radius 1 is 1.18 bits per heavy atom. The summed E-state index contributed by atoms with van der Waals surface area (Å²) < 4.78 is 9.92. The Hall–Kier alpha value is -0.120. The van der Waals surface area contributed by atoms with Crippen LogP contribution in [0.2, 0.25) is 0 Å². The second-order valence-corrected chi connectivity index (χ2v) is 3.03. The van der Waals surface area contributed by atoms with Crippen molar-refractivity contribution in [3.63, 3.8) is 0 Å². The van der Waals surface area contributed by atoms with Crippen molar-refractivity contribution in [3.05, 3.63) is 0 Å². The van der Waals surface area contributed by atoms with Gasteiger partial charge in [0.15, 0.2) is 0 Å². The van der Waals surface area contributed by atoms with Crippen LogP contribution in [-0.4, -0.2) is 38.5 Å². The minimum absolute atomic E-state index is 0.425. The Bertz CT molecular complexity index is 98.3. The molecule has 2 rings (SSSR count). The summed E-state index contributed by atoms with van der Waals surface area (Å²) in [7, 11) is 0. The molecule has 0 spiro atoms. The molecule has 2 saturated heterocycles. The van der Waals surface area contributed by atoms with Gasteiger partial charge in [-0.05, 0) is 13.8 Å². The highest BCUT2D eigenvalue weighted by molar-refractivity contribution is 4.60. The van der Waals surface area contributed by atoms with Crippen LogP contribution in [0.3, 0.4) is 0 Å². The summed E-state index contributed by atoms with van der Waals surface area (Å²) in [5.41, 5.74) is 0. The molecule has 0 aromatic heterocycles. The van der Waals surface area contributed by atoms with Crippen LogP contribution in [-0.2, 0) is 9.47 Å². The number of hydrogen-bond donors (Lipinski definition) is 1. The quantitative estimate of drug-likeness (QED) is 0.519. The normalized spacial score (nSPS) is 35.5. The third-order valence-corrected chi connectivity index (χ3v) is 1.61. The molecule has 0 saturated carbocycles. The lowest BCUT2D eigenvalue weighted by molar-refractivity contribution is 0.0410. The summed E-state index contributed by atoms with van der Waals surface area (Å²) >= 11 is 0. The average Bonchev–Trinajstić information content (AvgIpc) is 2.75. The zero-order chi connectivity index (χ0) is 8.10. The van der Waals surface area contributed by atoms with Crippen LogP contribution in [0.15, 0.2) is 0 Å². The Morgan fingerprint density at radius 2 is 1.82 bits per heavy atom. The number of ether oxygens (including phenoxy) is 2. The van der Waals surface area contributed by atoms with Gasteiger partial charge in [-0.25, -0.2) is 0 Å². The molecule has 2 fully saturated rings. The van der Waals surface area contributed by atoms with Crippen molar-refractivity contribution in [2.24, 2.45) is 0 Å². The molecule has 2 heterocycles. The first-order chi connectivity index (χ1) is 5.29. The first-order valence-corrected chi connectivity index (χ1v) is 4.23. The van der Waals surface area contributed by atoms with Crippen LogP contribution in [0.4, 0.5) is 0 Å². The van der Waals surface area contributed by atoms with Crippen molar-refractivity contribution in [3.8, 4) is 0 Å². The molecule has 11 heavy (non-hydrogen) atoms. The summed E-state index contributed by atoms with van der Waals surface area (Å²) in [4.78, 5) is 0. The number of rotatable bonds is 0. The minimum Gasteiger partial charge on any atom is -0.376 e. The molecule has 0 bridgehead atoms. The van der Waals surface area contributed by atoms with Crippen molar-refractivity contribution >= 4 is 0 Å². The zero-order valence-electron chi connectivity index (χ0n) is 7.30. The Morgan fingerprint density at radius 3 is 2.00 bits per heavy atom. The van der Waals surface area contributed by atoms with Crippen LogP contribution >= 0.6 is 0 Å². The highest BCUT2D eigenvalue weighted by atomic mass is 16.6. The van der Waals surface area contributed by atoms with Gasteiger partial charge in [0, 0.05) is 13.1 Å². The van der Waals surface area contributed by atoms with E-state index in [1.54, 1.807) is 0 Å². The average molecular weight is 159 g/mol. The molecule has 0 radical (unpaired) electrons. The molecule has 2 unspecified atom stereocenters. The van der Waals surface area contributed by atoms with E-state index in [4.69, 9.17) is 9.47 Å². The van der Waals surface area contributed by atoms with E-state index in [1.807, 2.05) is 0 Å². The number of hydrogen-bond acceptors (Lipinski definition) is 3. The molecule has 1 N–H and O–H groups in total. The van der Waals surface area contributed by atoms with E-state index in [2.05, 4.69) is 19.2 Å². The highest BCUT2D eigenvalue weighted by Gasteiger charge is 2.13. The van der Waals surface area contributed by atoms with Crippen molar-refractivity contribution in [2.75, 3.05) is 26.3 Å². The molecule has 0 aliphatic carbocycles. The Balaban J connectivity index is 0.000000128. The van der Waals surface area contributed by atoms with Gasteiger partial charge in [0.2, 0.25) is 0 Å². The zero-order valence-corrected chi connectivity index (χ0v) is 7.30. The predicted octanol–water partition coefficient (Wildman–Crippen LogP) is 0.400. The van der Waals surface area contributed by atoms with Crippen molar-refractivity contribution in [1.29, 1.82) is 0 Å². The van der Waals surface area contributed by atoms with Crippen molar-refractivity contribution in [1.82, 2.24) is 5.32 Å². The Kier molecular flexibility index (Phi) is 3.83. The fourth-order valence-electron chi connectivity index (χ4n) is 0.793. The van der Waals surface area contributed by atoms with E-state index >= 15 is 0 Å². The van der Waals surface area contributed by atoms with Gasteiger partial charge in [-0.2, -0.15) is 0 Å². The van der Waals surface area contributed by atoms with Gasteiger partial charge < -0.3 is 14.8 Å². The lowest BCUT2D eigenvalue weighted by atomic mass is 10.3. The monoisotopic (exact) mass is 159 g/mol. The molecular formula is C8H17NO2. The fraction of sp³-hybridized carbons (Fsp3) is 1.00. The van der Waals surface area contributed by atoms with Crippen molar-refractivity contribution < 1.29 is 9.47 Å². The van der Waals surface area contributed by atoms with Crippen LogP contribution in [0.1, 0.15) is 13.8 Å². The van der Waals surface area contributed by atoms with E-state index < -0.39 is 0 Å². The topological polar surface area (TPSA) is 33.8 Å². The largest absolute Gasteiger partial charge is 0.376 e. The molecule has 2 aliphatic rings. The van der Waals surface area contributed by atoms with E-state index in [-0.39, 0.29) is 0 Å². The lowest BCUT2D eigenvalue weighted by Crippen LogP contribution is -2.36. The predicted molar refractivity (Wildman–Crippen MR) is 43.7 cm³/mol. The summed E-state index contributed by atoms with van der Waals surface area (Å²) in [5.74, 6) is 0. The van der Waals surface area contributed by atoms with Crippen molar-refractivity contribution in [2.45, 2.75) is 26.1 Å². The second-order valence-electron chi connectivity index (χ2n) is 3.03. The van der Waals surface area contributed by atoms with E-state index in [9.17, 15) is 0 Å². The summed E-state index contributed by atoms with van der Waals surface area (Å²) in [6, 6.07) is 0. The molecule has 0 amide bonds. The third kappa shape index (κ3) is 5.18. The molecule has 2 atom stereocenters. The standard InChI is InChI=1S/C5H11NO.C3H6O/c1-5-4-6-2-3-7-5;1-3-2-4-3/h5-6H,2-4H2,1H3;3H,2H2,1H3. The third-order valence-electron chi connectivity index (χ3n) is 1.61. The number of epoxide rings is 1. The van der Waals surface area contributed by atoms with Crippen LogP contribution in [0, 0.1) is 0 Å². The molecule has 3 nitrogen and oxygen atoms in total. The number of morpholine rings is 1. The maximum absolute atomic E-state index is 5.22. The maximum atomic E-state index is 5.22. The Labute approximate surface area is 68.1 Å². The van der Waals surface area contributed by atoms with Crippen LogP contribution in [0.5, 0.6) is 0 Å². The first kappa shape index (κ1) is 8.97. The summed E-state index contributed by atoms with van der Waals surface area (Å²) in [5, 5.41) is 3.21. The smallest absolute Gasteiger partial charge is 0.0781 e. The molecule has 3 heteroatoms. The molecule has 66 valence electrons.